The van der Waals surface area contributed by atoms with Crippen molar-refractivity contribution in [2.24, 2.45) is 0 Å². The Labute approximate surface area is 125 Å². The fourth-order valence-electron chi connectivity index (χ4n) is 2.40. The van der Waals surface area contributed by atoms with E-state index >= 15 is 0 Å². The summed E-state index contributed by atoms with van der Waals surface area (Å²) in [6.07, 6.45) is 0. The molecule has 0 unspecified atom stereocenters. The molecule has 1 N–H and O–H groups in total. The van der Waals surface area contributed by atoms with Gasteiger partial charge in [-0.15, -0.1) is 0 Å². The maximum atomic E-state index is 3.66. The molecule has 1 fully saturated rings. The van der Waals surface area contributed by atoms with Crippen LogP contribution in [-0.2, 0) is 6.54 Å². The first-order valence-electron chi connectivity index (χ1n) is 7.02. The maximum absolute atomic E-state index is 3.66. The van der Waals surface area contributed by atoms with E-state index in [-0.39, 0.29) is 0 Å². The Morgan fingerprint density at radius 1 is 1.32 bits per heavy atom. The van der Waals surface area contributed by atoms with E-state index in [1.807, 2.05) is 0 Å². The van der Waals surface area contributed by atoms with Crippen LogP contribution in [-0.4, -0.2) is 56.1 Å². The summed E-state index contributed by atoms with van der Waals surface area (Å²) in [5, 5.41) is 3.39. The summed E-state index contributed by atoms with van der Waals surface area (Å²) in [5.74, 6) is 0. The molecule has 19 heavy (non-hydrogen) atoms. The molecule has 1 saturated heterocycles. The molecular formula is C15H24BrN3. The average Bonchev–Trinajstić information content (AvgIpc) is 2.41. The number of likely N-dealkylation sites (N-methyl/N-ethyl adjacent to an activating group) is 1. The van der Waals surface area contributed by atoms with Gasteiger partial charge in [-0.2, -0.15) is 0 Å². The van der Waals surface area contributed by atoms with Crippen molar-refractivity contribution in [3.63, 3.8) is 0 Å². The van der Waals surface area contributed by atoms with Gasteiger partial charge in [-0.3, -0.25) is 4.90 Å². The highest BCUT2D eigenvalue weighted by atomic mass is 79.9. The lowest BCUT2D eigenvalue weighted by Gasteiger charge is -2.29. The lowest BCUT2D eigenvalue weighted by atomic mass is 10.1. The van der Waals surface area contributed by atoms with Gasteiger partial charge in [-0.25, -0.2) is 0 Å². The second-order valence-electron chi connectivity index (χ2n) is 5.42. The summed E-state index contributed by atoms with van der Waals surface area (Å²) < 4.78 is 1.22. The van der Waals surface area contributed by atoms with Gasteiger partial charge < -0.3 is 10.2 Å². The highest BCUT2D eigenvalue weighted by Gasteiger charge is 2.10. The van der Waals surface area contributed by atoms with Crippen molar-refractivity contribution >= 4 is 15.9 Å². The van der Waals surface area contributed by atoms with Crippen molar-refractivity contribution in [1.82, 2.24) is 15.1 Å². The van der Waals surface area contributed by atoms with Crippen LogP contribution in [0.5, 0.6) is 0 Å². The monoisotopic (exact) mass is 325 g/mol. The van der Waals surface area contributed by atoms with Crippen molar-refractivity contribution < 1.29 is 0 Å². The van der Waals surface area contributed by atoms with Crippen LogP contribution in [0.3, 0.4) is 0 Å². The molecule has 0 aromatic heterocycles. The number of benzene rings is 1. The van der Waals surface area contributed by atoms with E-state index in [0.29, 0.717) is 0 Å². The normalized spacial score (nSPS) is 17.1. The lowest BCUT2D eigenvalue weighted by Crippen LogP contribution is -2.45. The number of nitrogens with one attached hydrogen (secondary N) is 1. The fourth-order valence-corrected chi connectivity index (χ4v) is 3.02. The quantitative estimate of drug-likeness (QED) is 0.894. The van der Waals surface area contributed by atoms with E-state index in [0.717, 1.165) is 26.2 Å². The molecule has 0 atom stereocenters. The third kappa shape index (κ3) is 4.88. The molecule has 3 nitrogen and oxygen atoms in total. The van der Waals surface area contributed by atoms with Crippen LogP contribution in [0.15, 0.2) is 22.7 Å². The van der Waals surface area contributed by atoms with Gasteiger partial charge in [0.1, 0.15) is 0 Å². The topological polar surface area (TPSA) is 18.5 Å². The van der Waals surface area contributed by atoms with Gasteiger partial charge in [0, 0.05) is 50.3 Å². The van der Waals surface area contributed by atoms with Crippen LogP contribution < -0.4 is 5.32 Å². The van der Waals surface area contributed by atoms with Crippen LogP contribution in [0, 0.1) is 6.92 Å². The molecule has 1 aliphatic rings. The minimum atomic E-state index is 1.01. The van der Waals surface area contributed by atoms with Crippen LogP contribution >= 0.6 is 15.9 Å². The molecule has 0 saturated carbocycles. The lowest BCUT2D eigenvalue weighted by molar-refractivity contribution is 0.202. The number of hydrogen-bond donors (Lipinski definition) is 1. The number of halogens is 1. The third-order valence-electron chi connectivity index (χ3n) is 3.66. The van der Waals surface area contributed by atoms with Crippen molar-refractivity contribution in [2.45, 2.75) is 13.5 Å². The largest absolute Gasteiger partial charge is 0.314 e. The molecule has 0 bridgehead atoms. The Morgan fingerprint density at radius 2 is 2.05 bits per heavy atom. The van der Waals surface area contributed by atoms with Crippen LogP contribution in [0.25, 0.3) is 0 Å². The number of rotatable bonds is 5. The van der Waals surface area contributed by atoms with Crippen molar-refractivity contribution in [2.75, 3.05) is 46.3 Å². The van der Waals surface area contributed by atoms with Gasteiger partial charge in [0.15, 0.2) is 0 Å². The first kappa shape index (κ1) is 15.0. The Bertz CT molecular complexity index is 402. The molecule has 106 valence electrons. The van der Waals surface area contributed by atoms with E-state index in [1.54, 1.807) is 0 Å². The van der Waals surface area contributed by atoms with Gasteiger partial charge >= 0.3 is 0 Å². The Morgan fingerprint density at radius 3 is 2.74 bits per heavy atom. The summed E-state index contributed by atoms with van der Waals surface area (Å²) in [6, 6.07) is 6.60. The molecule has 2 rings (SSSR count). The highest BCUT2D eigenvalue weighted by Crippen LogP contribution is 2.19. The van der Waals surface area contributed by atoms with E-state index in [4.69, 9.17) is 0 Å². The number of aryl methyl sites for hydroxylation is 1. The fraction of sp³-hybridized carbons (Fsp3) is 0.600. The predicted octanol–water partition coefficient (Wildman–Crippen LogP) is 2.09. The Hall–Kier alpha value is -0.420. The predicted molar refractivity (Wildman–Crippen MR) is 84.5 cm³/mol. The molecule has 4 heteroatoms. The minimum absolute atomic E-state index is 1.01. The second kappa shape index (κ2) is 7.39. The number of nitrogens with zero attached hydrogens (tertiary/aromatic N) is 2. The molecule has 1 heterocycles. The maximum Gasteiger partial charge on any atom is 0.0242 e. The first-order valence-corrected chi connectivity index (χ1v) is 7.81. The highest BCUT2D eigenvalue weighted by molar-refractivity contribution is 9.10. The molecule has 1 aromatic rings. The Kier molecular flexibility index (Phi) is 5.82. The minimum Gasteiger partial charge on any atom is -0.314 e. The van der Waals surface area contributed by atoms with Crippen LogP contribution in [0.1, 0.15) is 11.1 Å². The van der Waals surface area contributed by atoms with Gasteiger partial charge in [0.2, 0.25) is 0 Å². The summed E-state index contributed by atoms with van der Waals surface area (Å²) >= 11 is 3.66. The van der Waals surface area contributed by atoms with Crippen LogP contribution in [0.4, 0.5) is 0 Å². The molecule has 0 amide bonds. The van der Waals surface area contributed by atoms with Crippen molar-refractivity contribution in [1.29, 1.82) is 0 Å². The zero-order valence-electron chi connectivity index (χ0n) is 12.0. The van der Waals surface area contributed by atoms with Gasteiger partial charge in [-0.05, 0) is 31.2 Å². The summed E-state index contributed by atoms with van der Waals surface area (Å²) in [7, 11) is 2.20. The zero-order valence-corrected chi connectivity index (χ0v) is 13.5. The Balaban J connectivity index is 1.78. The first-order chi connectivity index (χ1) is 9.15. The van der Waals surface area contributed by atoms with Gasteiger partial charge in [-0.1, -0.05) is 28.1 Å². The van der Waals surface area contributed by atoms with E-state index in [2.05, 4.69) is 63.2 Å². The van der Waals surface area contributed by atoms with E-state index in [1.165, 1.54) is 35.2 Å². The van der Waals surface area contributed by atoms with E-state index in [9.17, 15) is 0 Å². The second-order valence-corrected chi connectivity index (χ2v) is 6.28. The molecule has 1 aromatic carbocycles. The number of hydrogen-bond acceptors (Lipinski definition) is 3. The SMILES string of the molecule is Cc1ccc(CN(C)CCN2CCNCC2)c(Br)c1. The van der Waals surface area contributed by atoms with Gasteiger partial charge in [0.25, 0.3) is 0 Å². The smallest absolute Gasteiger partial charge is 0.0242 e. The summed E-state index contributed by atoms with van der Waals surface area (Å²) in [4.78, 5) is 4.94. The third-order valence-corrected chi connectivity index (χ3v) is 4.39. The molecule has 1 aliphatic heterocycles. The van der Waals surface area contributed by atoms with Crippen LogP contribution in [0.2, 0.25) is 0 Å². The van der Waals surface area contributed by atoms with Gasteiger partial charge in [0.05, 0.1) is 0 Å². The molecule has 0 spiro atoms. The molecule has 0 aliphatic carbocycles. The molecular weight excluding hydrogens is 302 g/mol. The summed E-state index contributed by atoms with van der Waals surface area (Å²) in [6.45, 7) is 10.1. The average molecular weight is 326 g/mol. The van der Waals surface area contributed by atoms with Crippen molar-refractivity contribution in [3.8, 4) is 0 Å². The van der Waals surface area contributed by atoms with E-state index < -0.39 is 0 Å². The standard InChI is InChI=1S/C15H24BrN3/c1-13-3-4-14(15(16)11-13)12-18(2)9-10-19-7-5-17-6-8-19/h3-4,11,17H,5-10,12H2,1-2H3. The summed E-state index contributed by atoms with van der Waals surface area (Å²) in [5.41, 5.74) is 2.67. The number of piperazine rings is 1. The zero-order chi connectivity index (χ0) is 13.7. The van der Waals surface area contributed by atoms with Crippen molar-refractivity contribution in [3.05, 3.63) is 33.8 Å². The molecule has 0 radical (unpaired) electrons.